The molecule has 5 rings (SSSR count). The number of carbonyl (C=O) groups excluding carboxylic acids is 2. The third-order valence-corrected chi connectivity index (χ3v) is 6.42. The molecule has 1 aromatic rings. The Kier molecular flexibility index (Phi) is 4.57. The summed E-state index contributed by atoms with van der Waals surface area (Å²) in [7, 11) is 0. The average molecular weight is 415 g/mol. The van der Waals surface area contributed by atoms with Crippen LogP contribution in [0, 0.1) is 11.3 Å². The van der Waals surface area contributed by atoms with Gasteiger partial charge in [-0.25, -0.2) is 4.79 Å². The molecular formula is C22H29N3O5. The Morgan fingerprint density at radius 3 is 2.63 bits per heavy atom. The van der Waals surface area contributed by atoms with Crippen LogP contribution >= 0.6 is 0 Å². The molecule has 0 aromatic heterocycles. The number of likely N-dealkylation sites (tertiary alicyclic amines) is 1. The molecule has 8 heteroatoms. The molecule has 2 amide bonds. The van der Waals surface area contributed by atoms with Crippen molar-refractivity contribution in [1.82, 2.24) is 15.1 Å². The Balaban J connectivity index is 1.32. The van der Waals surface area contributed by atoms with Gasteiger partial charge in [-0.2, -0.15) is 0 Å². The highest BCUT2D eigenvalue weighted by atomic mass is 16.8. The van der Waals surface area contributed by atoms with Crippen molar-refractivity contribution in [2.24, 2.45) is 11.3 Å². The van der Waals surface area contributed by atoms with Crippen molar-refractivity contribution in [3.63, 3.8) is 0 Å². The van der Waals surface area contributed by atoms with Crippen molar-refractivity contribution < 1.29 is 23.8 Å². The van der Waals surface area contributed by atoms with Crippen molar-refractivity contribution in [3.05, 3.63) is 35.9 Å². The third-order valence-electron chi connectivity index (χ3n) is 6.42. The number of epoxide rings is 1. The molecule has 0 bridgehead atoms. The second-order valence-electron chi connectivity index (χ2n) is 9.78. The van der Waals surface area contributed by atoms with Crippen LogP contribution in [0.1, 0.15) is 32.4 Å². The molecule has 0 aliphatic carbocycles. The first-order valence-electron chi connectivity index (χ1n) is 10.6. The van der Waals surface area contributed by atoms with Crippen LogP contribution in [-0.4, -0.2) is 72.7 Å². The number of hydrogen-bond acceptors (Lipinski definition) is 6. The van der Waals surface area contributed by atoms with Crippen LogP contribution in [0.5, 0.6) is 0 Å². The van der Waals surface area contributed by atoms with Gasteiger partial charge >= 0.3 is 6.09 Å². The molecule has 1 spiro atoms. The minimum absolute atomic E-state index is 0.0773. The molecule has 1 aromatic carbocycles. The quantitative estimate of drug-likeness (QED) is 0.741. The molecular weight excluding hydrogens is 386 g/mol. The SMILES string of the molecule is CC(C)(C)OC(=O)N1CC2(CNC[C@H]2C(=O)N2C3OC3OC[C@H]2c2ccccc2)C1. The first-order valence-corrected chi connectivity index (χ1v) is 10.6. The number of morpholine rings is 1. The van der Waals surface area contributed by atoms with E-state index >= 15 is 0 Å². The number of benzene rings is 1. The van der Waals surface area contributed by atoms with Gasteiger partial charge in [-0.3, -0.25) is 4.79 Å². The van der Waals surface area contributed by atoms with Crippen LogP contribution in [0.25, 0.3) is 0 Å². The molecule has 4 aliphatic heterocycles. The number of ether oxygens (including phenoxy) is 3. The summed E-state index contributed by atoms with van der Waals surface area (Å²) in [6.07, 6.45) is -0.958. The predicted octanol–water partition coefficient (Wildman–Crippen LogP) is 1.73. The predicted molar refractivity (Wildman–Crippen MR) is 107 cm³/mol. The molecule has 4 saturated heterocycles. The van der Waals surface area contributed by atoms with E-state index in [-0.39, 0.29) is 41.9 Å². The summed E-state index contributed by atoms with van der Waals surface area (Å²) >= 11 is 0. The number of fused-ring (bicyclic) bond motifs is 1. The number of amides is 2. The van der Waals surface area contributed by atoms with Crippen molar-refractivity contribution in [2.75, 3.05) is 32.8 Å². The lowest BCUT2D eigenvalue weighted by Crippen LogP contribution is -2.65. The number of carbonyl (C=O) groups is 2. The summed E-state index contributed by atoms with van der Waals surface area (Å²) in [5.41, 5.74) is 0.263. The second-order valence-corrected chi connectivity index (χ2v) is 9.78. The zero-order chi connectivity index (χ0) is 21.1. The van der Waals surface area contributed by atoms with Crippen LogP contribution in [-0.2, 0) is 19.0 Å². The fraction of sp³-hybridized carbons (Fsp3) is 0.636. The molecule has 2 unspecified atom stereocenters. The minimum Gasteiger partial charge on any atom is -0.444 e. The normalized spacial score (nSPS) is 31.8. The lowest BCUT2D eigenvalue weighted by atomic mass is 9.71. The Hall–Kier alpha value is -2.16. The average Bonchev–Trinajstić information content (AvgIpc) is 3.32. The maximum Gasteiger partial charge on any atom is 0.410 e. The maximum absolute atomic E-state index is 13.8. The fourth-order valence-corrected chi connectivity index (χ4v) is 4.90. The van der Waals surface area contributed by atoms with E-state index in [0.29, 0.717) is 26.2 Å². The topological polar surface area (TPSA) is 83.6 Å². The largest absolute Gasteiger partial charge is 0.444 e. The molecule has 30 heavy (non-hydrogen) atoms. The van der Waals surface area contributed by atoms with Gasteiger partial charge < -0.3 is 29.3 Å². The van der Waals surface area contributed by atoms with E-state index in [2.05, 4.69) is 5.32 Å². The molecule has 4 fully saturated rings. The summed E-state index contributed by atoms with van der Waals surface area (Å²) in [4.78, 5) is 29.7. The van der Waals surface area contributed by atoms with E-state index in [1.54, 1.807) is 4.90 Å². The van der Waals surface area contributed by atoms with Gasteiger partial charge in [-0.15, -0.1) is 0 Å². The van der Waals surface area contributed by atoms with Crippen molar-refractivity contribution in [2.45, 2.75) is 44.9 Å². The fourth-order valence-electron chi connectivity index (χ4n) is 4.90. The molecule has 8 nitrogen and oxygen atoms in total. The first kappa shape index (κ1) is 19.8. The van der Waals surface area contributed by atoms with Gasteiger partial charge in [0.1, 0.15) is 5.60 Å². The molecule has 4 atom stereocenters. The van der Waals surface area contributed by atoms with Crippen LogP contribution in [0.4, 0.5) is 4.79 Å². The summed E-state index contributed by atoms with van der Waals surface area (Å²) in [5, 5.41) is 3.38. The van der Waals surface area contributed by atoms with Gasteiger partial charge in [-0.1, -0.05) is 30.3 Å². The van der Waals surface area contributed by atoms with E-state index in [1.165, 1.54) is 0 Å². The van der Waals surface area contributed by atoms with Gasteiger partial charge in [0.25, 0.3) is 0 Å². The maximum atomic E-state index is 13.8. The number of nitrogens with one attached hydrogen (secondary N) is 1. The Morgan fingerprint density at radius 1 is 1.20 bits per heavy atom. The van der Waals surface area contributed by atoms with Crippen molar-refractivity contribution >= 4 is 12.0 Å². The summed E-state index contributed by atoms with van der Waals surface area (Å²) in [6.45, 7) is 8.39. The molecule has 0 radical (unpaired) electrons. The van der Waals surface area contributed by atoms with E-state index in [9.17, 15) is 9.59 Å². The summed E-state index contributed by atoms with van der Waals surface area (Å²) in [6, 6.07) is 9.79. The van der Waals surface area contributed by atoms with Gasteiger partial charge in [0.2, 0.25) is 12.2 Å². The lowest BCUT2D eigenvalue weighted by molar-refractivity contribution is -0.152. The smallest absolute Gasteiger partial charge is 0.410 e. The highest BCUT2D eigenvalue weighted by Crippen LogP contribution is 2.46. The molecule has 1 N–H and O–H groups in total. The molecule has 4 heterocycles. The van der Waals surface area contributed by atoms with Crippen LogP contribution in [0.15, 0.2) is 30.3 Å². The standard InChI is InChI=1S/C22H29N3O5/c1-21(2,3)30-20(27)24-12-22(13-24)11-23-9-15(22)17(26)25-16(10-28-19-18(25)29-19)14-7-5-4-6-8-14/h4-8,15-16,18-19,23H,9-13H2,1-3H3/t15-,16-,18?,19?/m0/s1. The van der Waals surface area contributed by atoms with E-state index < -0.39 is 5.60 Å². The van der Waals surface area contributed by atoms with Gasteiger partial charge in [0, 0.05) is 31.6 Å². The van der Waals surface area contributed by atoms with E-state index in [1.807, 2.05) is 56.0 Å². The van der Waals surface area contributed by atoms with E-state index in [4.69, 9.17) is 14.2 Å². The molecule has 162 valence electrons. The summed E-state index contributed by atoms with van der Waals surface area (Å²) in [5.74, 6) is -0.126. The van der Waals surface area contributed by atoms with Gasteiger partial charge in [0.15, 0.2) is 6.23 Å². The Morgan fingerprint density at radius 2 is 1.93 bits per heavy atom. The first-order chi connectivity index (χ1) is 14.3. The van der Waals surface area contributed by atoms with Crippen molar-refractivity contribution in [3.8, 4) is 0 Å². The van der Waals surface area contributed by atoms with Crippen LogP contribution in [0.2, 0.25) is 0 Å². The molecule has 4 aliphatic rings. The monoisotopic (exact) mass is 415 g/mol. The lowest BCUT2D eigenvalue weighted by Gasteiger charge is -2.51. The Labute approximate surface area is 176 Å². The third kappa shape index (κ3) is 3.36. The zero-order valence-electron chi connectivity index (χ0n) is 17.7. The number of nitrogens with zero attached hydrogens (tertiary/aromatic N) is 2. The summed E-state index contributed by atoms with van der Waals surface area (Å²) < 4.78 is 16.9. The molecule has 0 saturated carbocycles. The van der Waals surface area contributed by atoms with Crippen LogP contribution in [0.3, 0.4) is 0 Å². The van der Waals surface area contributed by atoms with Gasteiger partial charge in [0.05, 0.1) is 18.6 Å². The number of rotatable bonds is 2. The minimum atomic E-state index is -0.530. The van der Waals surface area contributed by atoms with E-state index in [0.717, 1.165) is 12.1 Å². The van der Waals surface area contributed by atoms with Gasteiger partial charge in [-0.05, 0) is 26.3 Å². The second kappa shape index (κ2) is 6.93. The van der Waals surface area contributed by atoms with Crippen molar-refractivity contribution in [1.29, 1.82) is 0 Å². The van der Waals surface area contributed by atoms with Crippen LogP contribution < -0.4 is 5.32 Å². The highest BCUT2D eigenvalue weighted by molar-refractivity contribution is 5.82. The Bertz CT molecular complexity index is 833. The number of hydrogen-bond donors (Lipinski definition) is 1. The zero-order valence-corrected chi connectivity index (χ0v) is 17.7. The highest BCUT2D eigenvalue weighted by Gasteiger charge is 2.61.